The van der Waals surface area contributed by atoms with Crippen LogP contribution in [0.15, 0.2) is 53.9 Å². The first-order valence-corrected chi connectivity index (χ1v) is 7.70. The summed E-state index contributed by atoms with van der Waals surface area (Å²) in [5.74, 6) is -2.23. The van der Waals surface area contributed by atoms with Crippen LogP contribution in [0.2, 0.25) is 0 Å². The first kappa shape index (κ1) is 20.9. The fourth-order valence-electron chi connectivity index (χ4n) is 2.41. The maximum Gasteiger partial charge on any atom is 0.573 e. The van der Waals surface area contributed by atoms with Crippen LogP contribution in [-0.4, -0.2) is 39.6 Å². The summed E-state index contributed by atoms with van der Waals surface area (Å²) in [5, 5.41) is 0. The first-order valence-electron chi connectivity index (χ1n) is 7.70. The maximum absolute atomic E-state index is 12.5. The summed E-state index contributed by atoms with van der Waals surface area (Å²) < 4.78 is 55.9. The van der Waals surface area contributed by atoms with Crippen LogP contribution in [0.4, 0.5) is 18.9 Å². The largest absolute Gasteiger partial charge is 0.573 e. The second-order valence-corrected chi connectivity index (χ2v) is 5.20. The van der Waals surface area contributed by atoms with Crippen molar-refractivity contribution < 1.29 is 41.7 Å². The third kappa shape index (κ3) is 4.64. The third-order valence-corrected chi connectivity index (χ3v) is 3.53. The summed E-state index contributed by atoms with van der Waals surface area (Å²) in [6.07, 6.45) is 0.887. The average molecular weight is 399 g/mol. The molecule has 1 heterocycles. The molecule has 1 aromatic carbocycles. The summed E-state index contributed by atoms with van der Waals surface area (Å²) in [5.41, 5.74) is -0.155. The number of carbonyl (C=O) groups excluding carboxylic acids is 2. The Morgan fingerprint density at radius 1 is 1.00 bits per heavy atom. The van der Waals surface area contributed by atoms with Gasteiger partial charge in [-0.3, -0.25) is 0 Å². The predicted molar refractivity (Wildman–Crippen MR) is 91.5 cm³/mol. The molecular weight excluding hydrogens is 383 g/mol. The van der Waals surface area contributed by atoms with E-state index in [1.54, 1.807) is 0 Å². The highest BCUT2D eigenvalue weighted by Crippen LogP contribution is 2.37. The Morgan fingerprint density at radius 3 is 2.25 bits per heavy atom. The van der Waals surface area contributed by atoms with E-state index in [2.05, 4.69) is 4.74 Å². The lowest BCUT2D eigenvalue weighted by Gasteiger charge is -2.25. The minimum atomic E-state index is -4.88. The van der Waals surface area contributed by atoms with Crippen LogP contribution < -0.4 is 14.4 Å². The van der Waals surface area contributed by atoms with Gasteiger partial charge in [0.2, 0.25) is 0 Å². The first-order chi connectivity index (χ1) is 13.2. The molecule has 0 fully saturated rings. The molecule has 0 N–H and O–H groups in total. The smallest absolute Gasteiger partial charge is 0.494 e. The molecular formula is C18H16F3NO6. The third-order valence-electron chi connectivity index (χ3n) is 3.53. The van der Waals surface area contributed by atoms with Crippen LogP contribution in [0, 0.1) is 0 Å². The Balaban J connectivity index is 2.63. The second-order valence-electron chi connectivity index (χ2n) is 5.20. The molecule has 1 aliphatic rings. The lowest BCUT2D eigenvalue weighted by molar-refractivity contribution is -0.274. The zero-order valence-electron chi connectivity index (χ0n) is 15.1. The van der Waals surface area contributed by atoms with Crippen LogP contribution in [-0.2, 0) is 19.1 Å². The summed E-state index contributed by atoms with van der Waals surface area (Å²) in [6.45, 7) is 0. The van der Waals surface area contributed by atoms with Gasteiger partial charge in [0.15, 0.2) is 0 Å². The molecule has 1 aromatic rings. The number of allylic oxidation sites excluding steroid dienone is 2. The highest BCUT2D eigenvalue weighted by Gasteiger charge is 2.32. The molecule has 0 saturated heterocycles. The van der Waals surface area contributed by atoms with Crippen LogP contribution in [0.3, 0.4) is 0 Å². The van der Waals surface area contributed by atoms with Gasteiger partial charge >= 0.3 is 18.3 Å². The molecule has 28 heavy (non-hydrogen) atoms. The molecule has 0 saturated carbocycles. The van der Waals surface area contributed by atoms with E-state index in [4.69, 9.17) is 14.2 Å². The molecule has 0 aliphatic carbocycles. The number of hydrogen-bond donors (Lipinski definition) is 0. The van der Waals surface area contributed by atoms with Crippen molar-refractivity contribution in [2.75, 3.05) is 26.2 Å². The van der Waals surface area contributed by atoms with Gasteiger partial charge in [-0.25, -0.2) is 9.59 Å². The highest BCUT2D eigenvalue weighted by atomic mass is 19.4. The number of halogens is 3. The molecule has 0 amide bonds. The quantitative estimate of drug-likeness (QED) is 0.705. The zero-order chi connectivity index (χ0) is 20.9. The van der Waals surface area contributed by atoms with E-state index in [1.165, 1.54) is 42.5 Å². The van der Waals surface area contributed by atoms with Crippen molar-refractivity contribution in [2.24, 2.45) is 0 Å². The van der Waals surface area contributed by atoms with E-state index >= 15 is 0 Å². The predicted octanol–water partition coefficient (Wildman–Crippen LogP) is 3.08. The number of ether oxygens (including phenoxy) is 4. The van der Waals surface area contributed by atoms with E-state index in [-0.39, 0.29) is 22.7 Å². The van der Waals surface area contributed by atoms with Gasteiger partial charge in [-0.15, -0.1) is 13.2 Å². The fourth-order valence-corrected chi connectivity index (χ4v) is 2.41. The van der Waals surface area contributed by atoms with Crippen LogP contribution in [0.5, 0.6) is 11.5 Å². The molecule has 0 radical (unpaired) electrons. The van der Waals surface area contributed by atoms with E-state index in [9.17, 15) is 22.8 Å². The van der Waals surface area contributed by atoms with Gasteiger partial charge in [-0.1, -0.05) is 6.08 Å². The normalized spacial score (nSPS) is 13.9. The number of methoxy groups -OCH3 is 3. The van der Waals surface area contributed by atoms with Gasteiger partial charge in [-0.2, -0.15) is 0 Å². The van der Waals surface area contributed by atoms with Crippen molar-refractivity contribution in [3.63, 3.8) is 0 Å². The van der Waals surface area contributed by atoms with E-state index < -0.39 is 24.1 Å². The minimum absolute atomic E-state index is 0.0427. The second kappa shape index (κ2) is 8.51. The Labute approximate surface area is 158 Å². The summed E-state index contributed by atoms with van der Waals surface area (Å²) in [7, 11) is 3.50. The standard InChI is InChI=1S/C18H16F3NO6/c1-25-14-10-11(28-18(19,20)21)7-8-13(14)22-9-5-4-6-12(16(23)26-2)15(22)17(24)27-3/h4-10H,1-3H3. The summed E-state index contributed by atoms with van der Waals surface area (Å²) in [6, 6.07) is 3.29. The maximum atomic E-state index is 12.5. The van der Waals surface area contributed by atoms with Crippen LogP contribution in [0.1, 0.15) is 0 Å². The number of nitrogens with zero attached hydrogens (tertiary/aromatic N) is 1. The Bertz CT molecular complexity index is 857. The SMILES string of the molecule is COC(=O)C1=C(C(=O)OC)N(c2ccc(OC(F)(F)F)cc2OC)C=CC=C1. The van der Waals surface area contributed by atoms with Crippen LogP contribution >= 0.6 is 0 Å². The van der Waals surface area contributed by atoms with Gasteiger partial charge in [0.1, 0.15) is 17.2 Å². The molecule has 0 spiro atoms. The molecule has 0 bridgehead atoms. The number of anilines is 1. The summed E-state index contributed by atoms with van der Waals surface area (Å²) >= 11 is 0. The number of alkyl halides is 3. The Hall–Kier alpha value is -3.43. The number of rotatable bonds is 5. The Morgan fingerprint density at radius 2 is 1.68 bits per heavy atom. The van der Waals surface area contributed by atoms with E-state index in [1.807, 2.05) is 0 Å². The molecule has 2 rings (SSSR count). The van der Waals surface area contributed by atoms with Crippen molar-refractivity contribution in [3.05, 3.63) is 53.9 Å². The van der Waals surface area contributed by atoms with Gasteiger partial charge < -0.3 is 23.8 Å². The molecule has 10 heteroatoms. The van der Waals surface area contributed by atoms with Crippen molar-refractivity contribution in [1.82, 2.24) is 0 Å². The van der Waals surface area contributed by atoms with E-state index in [0.717, 1.165) is 26.4 Å². The van der Waals surface area contributed by atoms with Crippen molar-refractivity contribution >= 4 is 17.6 Å². The average Bonchev–Trinajstić information content (AvgIpc) is 2.88. The van der Waals surface area contributed by atoms with Gasteiger partial charge in [0.05, 0.1) is 32.6 Å². The topological polar surface area (TPSA) is 74.3 Å². The summed E-state index contributed by atoms with van der Waals surface area (Å²) in [4.78, 5) is 25.7. The lowest BCUT2D eigenvalue weighted by Crippen LogP contribution is -2.27. The van der Waals surface area contributed by atoms with Crippen LogP contribution in [0.25, 0.3) is 0 Å². The van der Waals surface area contributed by atoms with E-state index in [0.29, 0.717) is 0 Å². The molecule has 150 valence electrons. The number of esters is 2. The monoisotopic (exact) mass is 399 g/mol. The molecule has 7 nitrogen and oxygen atoms in total. The van der Waals surface area contributed by atoms with Gasteiger partial charge in [0, 0.05) is 12.3 Å². The van der Waals surface area contributed by atoms with Gasteiger partial charge in [0.25, 0.3) is 0 Å². The van der Waals surface area contributed by atoms with Crippen molar-refractivity contribution in [2.45, 2.75) is 6.36 Å². The zero-order valence-corrected chi connectivity index (χ0v) is 15.1. The molecule has 0 atom stereocenters. The van der Waals surface area contributed by atoms with Crippen molar-refractivity contribution in [1.29, 1.82) is 0 Å². The minimum Gasteiger partial charge on any atom is -0.494 e. The Kier molecular flexibility index (Phi) is 6.34. The van der Waals surface area contributed by atoms with Crippen molar-refractivity contribution in [3.8, 4) is 11.5 Å². The highest BCUT2D eigenvalue weighted by molar-refractivity contribution is 6.05. The number of carbonyl (C=O) groups is 2. The number of benzene rings is 1. The molecule has 0 unspecified atom stereocenters. The van der Waals surface area contributed by atoms with Gasteiger partial charge in [-0.05, 0) is 24.3 Å². The fraction of sp³-hybridized carbons (Fsp3) is 0.222. The molecule has 0 aromatic heterocycles. The number of hydrogen-bond acceptors (Lipinski definition) is 7. The molecule has 1 aliphatic heterocycles. The lowest BCUT2D eigenvalue weighted by atomic mass is 10.1.